The number of aliphatic hydroxyl groups excluding tert-OH is 1. The van der Waals surface area contributed by atoms with Crippen molar-refractivity contribution in [3.63, 3.8) is 0 Å². The van der Waals surface area contributed by atoms with Crippen LogP contribution in [-0.2, 0) is 4.79 Å². The van der Waals surface area contributed by atoms with Gasteiger partial charge in [-0.2, -0.15) is 0 Å². The lowest BCUT2D eigenvalue weighted by molar-refractivity contribution is -0.143. The van der Waals surface area contributed by atoms with Gasteiger partial charge in [-0.25, -0.2) is 8.78 Å². The molecule has 1 aromatic rings. The van der Waals surface area contributed by atoms with Gasteiger partial charge in [-0.15, -0.1) is 0 Å². The number of β-amino-alcohol motifs (C(OH)–C–C–N with tert-alkyl or cyclic N) is 1. The summed E-state index contributed by atoms with van der Waals surface area (Å²) in [4.78, 5) is 13.8. The highest BCUT2D eigenvalue weighted by Crippen LogP contribution is 2.37. The summed E-state index contributed by atoms with van der Waals surface area (Å²) >= 11 is 0. The van der Waals surface area contributed by atoms with Gasteiger partial charge in [-0.3, -0.25) is 4.79 Å². The van der Waals surface area contributed by atoms with Crippen molar-refractivity contribution in [3.8, 4) is 0 Å². The molecular formula is C16H21F2NO2. The largest absolute Gasteiger partial charge is 0.392 e. The molecule has 0 radical (unpaired) electrons. The van der Waals surface area contributed by atoms with Crippen LogP contribution in [0.4, 0.5) is 8.78 Å². The zero-order valence-electron chi connectivity index (χ0n) is 12.5. The summed E-state index contributed by atoms with van der Waals surface area (Å²) in [7, 11) is 0. The lowest BCUT2D eigenvalue weighted by Crippen LogP contribution is -2.52. The molecular weight excluding hydrogens is 276 g/mol. The Morgan fingerprint density at radius 3 is 2.67 bits per heavy atom. The van der Waals surface area contributed by atoms with Gasteiger partial charge in [0.05, 0.1) is 6.10 Å². The van der Waals surface area contributed by atoms with Crippen LogP contribution >= 0.6 is 0 Å². The third kappa shape index (κ3) is 3.07. The number of hydrogen-bond acceptors (Lipinski definition) is 2. The van der Waals surface area contributed by atoms with Crippen molar-refractivity contribution in [1.29, 1.82) is 0 Å². The van der Waals surface area contributed by atoms with E-state index >= 15 is 0 Å². The monoisotopic (exact) mass is 297 g/mol. The van der Waals surface area contributed by atoms with Gasteiger partial charge in [0.15, 0.2) is 11.6 Å². The van der Waals surface area contributed by atoms with Gasteiger partial charge in [-0.05, 0) is 31.9 Å². The van der Waals surface area contributed by atoms with Crippen LogP contribution in [0.15, 0.2) is 18.2 Å². The Bertz CT molecular complexity index is 533. The smallest absolute Gasteiger partial charge is 0.225 e. The Morgan fingerprint density at radius 1 is 1.38 bits per heavy atom. The van der Waals surface area contributed by atoms with Crippen molar-refractivity contribution in [2.45, 2.75) is 45.3 Å². The van der Waals surface area contributed by atoms with E-state index < -0.39 is 17.7 Å². The maximum atomic E-state index is 14.0. The Labute approximate surface area is 123 Å². The topological polar surface area (TPSA) is 40.5 Å². The molecule has 1 aliphatic heterocycles. The van der Waals surface area contributed by atoms with Crippen molar-refractivity contribution in [1.82, 2.24) is 4.90 Å². The SMILES string of the molecule is C[C@@H]1[C@H](c2cccc(F)c2F)C[C@H](C)C(=O)N1C[C@@H](C)O. The zero-order chi connectivity index (χ0) is 15.7. The molecule has 0 saturated carbocycles. The maximum Gasteiger partial charge on any atom is 0.225 e. The van der Waals surface area contributed by atoms with Gasteiger partial charge in [0, 0.05) is 24.4 Å². The molecule has 3 nitrogen and oxygen atoms in total. The first-order valence-corrected chi connectivity index (χ1v) is 7.25. The first kappa shape index (κ1) is 15.9. The summed E-state index contributed by atoms with van der Waals surface area (Å²) in [5.74, 6) is -2.30. The molecule has 2 rings (SSSR count). The number of halogens is 2. The first-order chi connectivity index (χ1) is 9.82. The van der Waals surface area contributed by atoms with E-state index in [2.05, 4.69) is 0 Å². The van der Waals surface area contributed by atoms with Gasteiger partial charge in [-0.1, -0.05) is 19.1 Å². The molecule has 1 saturated heterocycles. The summed E-state index contributed by atoms with van der Waals surface area (Å²) < 4.78 is 27.5. The highest BCUT2D eigenvalue weighted by Gasteiger charge is 2.39. The Kier molecular flexibility index (Phi) is 4.61. The number of benzene rings is 1. The van der Waals surface area contributed by atoms with E-state index in [1.54, 1.807) is 24.8 Å². The van der Waals surface area contributed by atoms with Gasteiger partial charge >= 0.3 is 0 Å². The molecule has 4 atom stereocenters. The number of aliphatic hydroxyl groups is 1. The van der Waals surface area contributed by atoms with Crippen LogP contribution in [0.3, 0.4) is 0 Å². The number of rotatable bonds is 3. The number of likely N-dealkylation sites (tertiary alicyclic amines) is 1. The fourth-order valence-corrected chi connectivity index (χ4v) is 3.11. The molecule has 1 amide bonds. The molecule has 0 bridgehead atoms. The third-order valence-electron chi connectivity index (χ3n) is 4.23. The zero-order valence-corrected chi connectivity index (χ0v) is 12.5. The molecule has 0 aromatic heterocycles. The number of nitrogens with zero attached hydrogens (tertiary/aromatic N) is 1. The van der Waals surface area contributed by atoms with Crippen molar-refractivity contribution < 1.29 is 18.7 Å². The van der Waals surface area contributed by atoms with Crippen LogP contribution in [0.1, 0.15) is 38.7 Å². The number of carbonyl (C=O) groups excluding carboxylic acids is 1. The highest BCUT2D eigenvalue weighted by atomic mass is 19.2. The van der Waals surface area contributed by atoms with Crippen LogP contribution in [-0.4, -0.2) is 34.6 Å². The van der Waals surface area contributed by atoms with Gasteiger partial charge in [0.2, 0.25) is 5.91 Å². The normalized spacial score (nSPS) is 27.8. The van der Waals surface area contributed by atoms with Crippen molar-refractivity contribution in [2.24, 2.45) is 5.92 Å². The van der Waals surface area contributed by atoms with Crippen LogP contribution < -0.4 is 0 Å². The quantitative estimate of drug-likeness (QED) is 0.932. The maximum absolute atomic E-state index is 14.0. The van der Waals surface area contributed by atoms with E-state index in [1.807, 2.05) is 6.92 Å². The lowest BCUT2D eigenvalue weighted by Gasteiger charge is -2.42. The average Bonchev–Trinajstić information content (AvgIpc) is 2.42. The lowest BCUT2D eigenvalue weighted by atomic mass is 9.79. The predicted octanol–water partition coefficient (Wildman–Crippen LogP) is 2.69. The van der Waals surface area contributed by atoms with Crippen molar-refractivity contribution >= 4 is 5.91 Å². The van der Waals surface area contributed by atoms with E-state index in [0.29, 0.717) is 12.0 Å². The number of carbonyl (C=O) groups is 1. The molecule has 21 heavy (non-hydrogen) atoms. The molecule has 1 heterocycles. The summed E-state index contributed by atoms with van der Waals surface area (Å²) in [6.07, 6.45) is -0.170. The van der Waals surface area contributed by atoms with Crippen molar-refractivity contribution in [3.05, 3.63) is 35.4 Å². The third-order valence-corrected chi connectivity index (χ3v) is 4.23. The number of amides is 1. The molecule has 0 aliphatic carbocycles. The van der Waals surface area contributed by atoms with Gasteiger partial charge in [0.25, 0.3) is 0 Å². The van der Waals surface area contributed by atoms with E-state index in [-0.39, 0.29) is 30.3 Å². The minimum absolute atomic E-state index is 0.0449. The van der Waals surface area contributed by atoms with Gasteiger partial charge in [0.1, 0.15) is 0 Å². The van der Waals surface area contributed by atoms with E-state index in [0.717, 1.165) is 6.07 Å². The average molecular weight is 297 g/mol. The molecule has 116 valence electrons. The van der Waals surface area contributed by atoms with Crippen LogP contribution in [0.5, 0.6) is 0 Å². The summed E-state index contributed by atoms with van der Waals surface area (Å²) in [6.45, 7) is 5.42. The summed E-state index contributed by atoms with van der Waals surface area (Å²) in [6, 6.07) is 3.87. The van der Waals surface area contributed by atoms with Crippen LogP contribution in [0.25, 0.3) is 0 Å². The van der Waals surface area contributed by atoms with E-state index in [4.69, 9.17) is 0 Å². The molecule has 0 spiro atoms. The second kappa shape index (κ2) is 6.10. The minimum Gasteiger partial charge on any atom is -0.392 e. The van der Waals surface area contributed by atoms with Crippen LogP contribution in [0.2, 0.25) is 0 Å². The summed E-state index contributed by atoms with van der Waals surface area (Å²) in [5.41, 5.74) is 0.303. The standard InChI is InChI=1S/C16H21F2NO2/c1-9-7-13(12-5-4-6-14(17)15(12)18)11(3)19(16(9)21)8-10(2)20/h4-6,9-11,13,20H,7-8H2,1-3H3/t9-,10+,11+,13+/m0/s1. The fourth-order valence-electron chi connectivity index (χ4n) is 3.11. The first-order valence-electron chi connectivity index (χ1n) is 7.25. The van der Waals surface area contributed by atoms with E-state index in [1.165, 1.54) is 6.07 Å². The summed E-state index contributed by atoms with van der Waals surface area (Å²) in [5, 5.41) is 9.55. The fraction of sp³-hybridized carbons (Fsp3) is 0.562. The molecule has 1 aromatic carbocycles. The second-order valence-electron chi connectivity index (χ2n) is 5.97. The molecule has 0 unspecified atom stereocenters. The highest BCUT2D eigenvalue weighted by molar-refractivity contribution is 5.80. The second-order valence-corrected chi connectivity index (χ2v) is 5.97. The molecule has 1 aliphatic rings. The van der Waals surface area contributed by atoms with Crippen molar-refractivity contribution in [2.75, 3.05) is 6.54 Å². The Balaban J connectivity index is 2.35. The molecule has 1 fully saturated rings. The Morgan fingerprint density at radius 2 is 2.05 bits per heavy atom. The van der Waals surface area contributed by atoms with E-state index in [9.17, 15) is 18.7 Å². The number of piperidine rings is 1. The minimum atomic E-state index is -0.869. The predicted molar refractivity (Wildman–Crippen MR) is 75.7 cm³/mol. The molecule has 1 N–H and O–H groups in total. The van der Waals surface area contributed by atoms with Gasteiger partial charge < -0.3 is 10.0 Å². The Hall–Kier alpha value is -1.49. The number of hydrogen-bond donors (Lipinski definition) is 1. The van der Waals surface area contributed by atoms with Crippen LogP contribution in [0, 0.1) is 17.6 Å². The molecule has 5 heteroatoms.